The Morgan fingerprint density at radius 3 is 2.53 bits per heavy atom. The van der Waals surface area contributed by atoms with Crippen molar-refractivity contribution < 1.29 is 10.0 Å². The minimum atomic E-state index is -1.36. The zero-order chi connectivity index (χ0) is 13.2. The van der Waals surface area contributed by atoms with Crippen molar-refractivity contribution in [1.29, 1.82) is 0 Å². The van der Waals surface area contributed by atoms with E-state index in [0.717, 1.165) is 18.5 Å². The highest BCUT2D eigenvalue weighted by atomic mass is 16.4. The Kier molecular flexibility index (Phi) is 3.92. The van der Waals surface area contributed by atoms with E-state index in [2.05, 4.69) is 4.90 Å². The smallest absolute Gasteiger partial charge is 0.423 e. The normalized spacial score (nSPS) is 27.3. The molecular formula is C15H22BNO2. The van der Waals surface area contributed by atoms with E-state index in [0.29, 0.717) is 5.46 Å². The van der Waals surface area contributed by atoms with Crippen LogP contribution in [0, 0.1) is 5.92 Å². The molecule has 4 heteroatoms. The molecule has 0 amide bonds. The third-order valence-corrected chi connectivity index (χ3v) is 4.79. The molecule has 2 atom stereocenters. The zero-order valence-corrected chi connectivity index (χ0v) is 11.3. The lowest BCUT2D eigenvalue weighted by Crippen LogP contribution is -2.34. The highest BCUT2D eigenvalue weighted by Crippen LogP contribution is 2.36. The van der Waals surface area contributed by atoms with Crippen molar-refractivity contribution in [3.8, 4) is 0 Å². The summed E-state index contributed by atoms with van der Waals surface area (Å²) in [5.41, 5.74) is 1.84. The molecule has 1 aliphatic heterocycles. The first-order chi connectivity index (χ1) is 9.24. The summed E-state index contributed by atoms with van der Waals surface area (Å²) in [6.07, 6.45) is 6.93. The van der Waals surface area contributed by atoms with E-state index in [1.807, 2.05) is 24.3 Å². The van der Waals surface area contributed by atoms with E-state index in [-0.39, 0.29) is 0 Å². The summed E-state index contributed by atoms with van der Waals surface area (Å²) in [7, 11) is -1.36. The van der Waals surface area contributed by atoms with E-state index in [9.17, 15) is 0 Å². The number of fused-ring (bicyclic) bond motifs is 1. The van der Waals surface area contributed by atoms with Crippen LogP contribution in [0.1, 0.15) is 37.7 Å². The number of hydrogen-bond acceptors (Lipinski definition) is 3. The van der Waals surface area contributed by atoms with Crippen LogP contribution in [-0.2, 0) is 6.54 Å². The Morgan fingerprint density at radius 2 is 1.79 bits per heavy atom. The van der Waals surface area contributed by atoms with Crippen LogP contribution in [-0.4, -0.2) is 34.7 Å². The van der Waals surface area contributed by atoms with Crippen LogP contribution in [0.4, 0.5) is 0 Å². The van der Waals surface area contributed by atoms with Gasteiger partial charge in [-0.05, 0) is 42.8 Å². The monoisotopic (exact) mass is 259 g/mol. The fraction of sp³-hybridized carbons (Fsp3) is 0.600. The fourth-order valence-electron chi connectivity index (χ4n) is 3.73. The van der Waals surface area contributed by atoms with Crippen molar-refractivity contribution in [2.45, 2.75) is 44.7 Å². The topological polar surface area (TPSA) is 43.7 Å². The van der Waals surface area contributed by atoms with Crippen molar-refractivity contribution in [3.63, 3.8) is 0 Å². The van der Waals surface area contributed by atoms with Gasteiger partial charge in [-0.25, -0.2) is 0 Å². The number of rotatable bonds is 3. The molecule has 1 aromatic carbocycles. The van der Waals surface area contributed by atoms with Crippen molar-refractivity contribution in [1.82, 2.24) is 4.90 Å². The van der Waals surface area contributed by atoms with Gasteiger partial charge in [0.05, 0.1) is 0 Å². The molecule has 0 spiro atoms. The summed E-state index contributed by atoms with van der Waals surface area (Å²) >= 11 is 0. The van der Waals surface area contributed by atoms with Gasteiger partial charge in [0.15, 0.2) is 0 Å². The molecule has 1 heterocycles. The number of benzene rings is 1. The number of likely N-dealkylation sites (tertiary alicyclic amines) is 1. The molecule has 1 aliphatic carbocycles. The maximum absolute atomic E-state index is 9.10. The van der Waals surface area contributed by atoms with Gasteiger partial charge in [0.1, 0.15) is 0 Å². The Balaban J connectivity index is 1.64. The van der Waals surface area contributed by atoms with Gasteiger partial charge in [0.25, 0.3) is 0 Å². The van der Waals surface area contributed by atoms with Crippen LogP contribution >= 0.6 is 0 Å². The van der Waals surface area contributed by atoms with E-state index in [1.54, 1.807) is 0 Å². The molecule has 1 aromatic rings. The van der Waals surface area contributed by atoms with Gasteiger partial charge in [-0.1, -0.05) is 37.1 Å². The molecule has 102 valence electrons. The first-order valence-electron chi connectivity index (χ1n) is 7.43. The Morgan fingerprint density at radius 1 is 1.05 bits per heavy atom. The summed E-state index contributed by atoms with van der Waals surface area (Å²) in [5, 5.41) is 18.2. The molecule has 1 saturated heterocycles. The van der Waals surface area contributed by atoms with Gasteiger partial charge in [-0.3, -0.25) is 4.90 Å². The van der Waals surface area contributed by atoms with Crippen LogP contribution in [0.15, 0.2) is 24.3 Å². The van der Waals surface area contributed by atoms with Gasteiger partial charge in [0.2, 0.25) is 0 Å². The van der Waals surface area contributed by atoms with E-state index >= 15 is 0 Å². The highest BCUT2D eigenvalue weighted by Gasteiger charge is 2.35. The van der Waals surface area contributed by atoms with Crippen LogP contribution in [0.25, 0.3) is 0 Å². The third kappa shape index (κ3) is 2.86. The molecule has 2 N–H and O–H groups in total. The quantitative estimate of drug-likeness (QED) is 0.800. The van der Waals surface area contributed by atoms with Crippen molar-refractivity contribution in [3.05, 3.63) is 29.8 Å². The second-order valence-electron chi connectivity index (χ2n) is 5.99. The van der Waals surface area contributed by atoms with Crippen LogP contribution in [0.3, 0.4) is 0 Å². The van der Waals surface area contributed by atoms with Crippen LogP contribution < -0.4 is 5.46 Å². The molecule has 2 unspecified atom stereocenters. The molecule has 1 saturated carbocycles. The average molecular weight is 259 g/mol. The summed E-state index contributed by atoms with van der Waals surface area (Å²) in [4.78, 5) is 2.62. The van der Waals surface area contributed by atoms with Crippen molar-refractivity contribution >= 4 is 12.6 Å². The molecule has 2 fully saturated rings. The first kappa shape index (κ1) is 13.2. The minimum absolute atomic E-state index is 0.570. The van der Waals surface area contributed by atoms with Gasteiger partial charge < -0.3 is 10.0 Å². The standard InChI is InChI=1S/C15H22BNO2/c18-16(19)14-7-5-12(6-8-14)11-17-10-9-13-3-1-2-4-15(13)17/h5-8,13,15,18-19H,1-4,9-11H2. The van der Waals surface area contributed by atoms with Gasteiger partial charge in [-0.15, -0.1) is 0 Å². The molecule has 2 aliphatic rings. The largest absolute Gasteiger partial charge is 0.488 e. The zero-order valence-electron chi connectivity index (χ0n) is 11.3. The number of hydrogen-bond donors (Lipinski definition) is 2. The molecule has 3 rings (SSSR count). The Labute approximate surface area is 115 Å². The molecule has 0 bridgehead atoms. The Bertz CT molecular complexity index is 421. The third-order valence-electron chi connectivity index (χ3n) is 4.79. The lowest BCUT2D eigenvalue weighted by atomic mass is 9.80. The maximum atomic E-state index is 9.10. The van der Waals surface area contributed by atoms with E-state index < -0.39 is 7.12 Å². The molecule has 3 nitrogen and oxygen atoms in total. The van der Waals surface area contributed by atoms with Gasteiger partial charge >= 0.3 is 7.12 Å². The first-order valence-corrected chi connectivity index (χ1v) is 7.43. The lowest BCUT2D eigenvalue weighted by Gasteiger charge is -2.31. The molecule has 0 radical (unpaired) electrons. The maximum Gasteiger partial charge on any atom is 0.488 e. The second kappa shape index (κ2) is 5.65. The lowest BCUT2D eigenvalue weighted by molar-refractivity contribution is 0.176. The van der Waals surface area contributed by atoms with E-state index in [4.69, 9.17) is 10.0 Å². The van der Waals surface area contributed by atoms with Crippen molar-refractivity contribution in [2.24, 2.45) is 5.92 Å². The minimum Gasteiger partial charge on any atom is -0.423 e. The Hall–Kier alpha value is -0.835. The van der Waals surface area contributed by atoms with Gasteiger partial charge in [-0.2, -0.15) is 0 Å². The summed E-state index contributed by atoms with van der Waals surface area (Å²) < 4.78 is 0. The fourth-order valence-corrected chi connectivity index (χ4v) is 3.73. The van der Waals surface area contributed by atoms with Crippen LogP contribution in [0.5, 0.6) is 0 Å². The van der Waals surface area contributed by atoms with Gasteiger partial charge in [0, 0.05) is 12.6 Å². The summed E-state index contributed by atoms with van der Waals surface area (Å²) in [6.45, 7) is 2.22. The predicted octanol–water partition coefficient (Wildman–Crippen LogP) is 1.13. The highest BCUT2D eigenvalue weighted by molar-refractivity contribution is 6.58. The SMILES string of the molecule is OB(O)c1ccc(CN2CCC3CCCCC32)cc1. The van der Waals surface area contributed by atoms with Crippen molar-refractivity contribution in [2.75, 3.05) is 6.54 Å². The number of nitrogens with zero attached hydrogens (tertiary/aromatic N) is 1. The molecule has 19 heavy (non-hydrogen) atoms. The summed E-state index contributed by atoms with van der Waals surface area (Å²) in [6, 6.07) is 8.45. The second-order valence-corrected chi connectivity index (χ2v) is 5.99. The molecular weight excluding hydrogens is 237 g/mol. The van der Waals surface area contributed by atoms with E-state index in [1.165, 1.54) is 44.2 Å². The summed E-state index contributed by atoms with van der Waals surface area (Å²) in [5.74, 6) is 0.923. The van der Waals surface area contributed by atoms with Crippen LogP contribution in [0.2, 0.25) is 0 Å². The predicted molar refractivity (Wildman–Crippen MR) is 77.0 cm³/mol. The molecule has 0 aromatic heterocycles. The average Bonchev–Trinajstić information content (AvgIpc) is 2.83.